The Morgan fingerprint density at radius 3 is 2.09 bits per heavy atom. The summed E-state index contributed by atoms with van der Waals surface area (Å²) in [5, 5.41) is 113. The lowest BCUT2D eigenvalue weighted by atomic mass is 9.98. The van der Waals surface area contributed by atoms with Crippen molar-refractivity contribution < 1.29 is 89.1 Å². The summed E-state index contributed by atoms with van der Waals surface area (Å²) in [4.78, 5) is 25.4. The molecule has 0 radical (unpaired) electrons. The van der Waals surface area contributed by atoms with Gasteiger partial charge in [0.1, 0.15) is 48.1 Å². The summed E-state index contributed by atoms with van der Waals surface area (Å²) < 4.78 is 34.3. The van der Waals surface area contributed by atoms with E-state index in [2.05, 4.69) is 0 Å². The van der Waals surface area contributed by atoms with Crippen molar-refractivity contribution in [1.82, 2.24) is 0 Å². The molecule has 11 N–H and O–H groups in total. The molecule has 10 atom stereocenters. The second-order valence-electron chi connectivity index (χ2n) is 12.4. The minimum absolute atomic E-state index is 0.0335. The second-order valence-corrected chi connectivity index (χ2v) is 12.4. The van der Waals surface area contributed by atoms with Gasteiger partial charge in [-0.05, 0) is 43.3 Å². The van der Waals surface area contributed by atoms with Crippen LogP contribution in [0.25, 0.3) is 22.6 Å². The third kappa shape index (κ3) is 7.32. The van der Waals surface area contributed by atoms with Crippen molar-refractivity contribution in [2.75, 3.05) is 6.61 Å². The first-order valence-corrected chi connectivity index (χ1v) is 15.8. The molecule has 19 heteroatoms. The highest BCUT2D eigenvalue weighted by Gasteiger charge is 2.50. The monoisotopic (exact) mass is 746 g/mol. The molecule has 1 aliphatic carbocycles. The van der Waals surface area contributed by atoms with Gasteiger partial charge in [-0.15, -0.1) is 0 Å². The first kappa shape index (κ1) is 37.4. The molecule has 0 amide bonds. The van der Waals surface area contributed by atoms with Crippen LogP contribution in [-0.4, -0.2) is 130 Å². The SMILES string of the molecule is C[C@@H]1O[C@@H](OC[C@H]2O[C@@H](Oc3cc4c(O)cc(=O)cc-4oc3-c3ccc(O)c(O)c3)[C@H](OC(=O)c3cc(O)c(O)c(O)c3)[C@@H](O)[C@H]2O)[C@H](O)[C@H](O)[C@H]1O. The van der Waals surface area contributed by atoms with E-state index in [1.54, 1.807) is 0 Å². The van der Waals surface area contributed by atoms with E-state index in [1.807, 2.05) is 0 Å². The van der Waals surface area contributed by atoms with Crippen molar-refractivity contribution in [3.8, 4) is 62.9 Å². The predicted octanol–water partition coefficient (Wildman–Crippen LogP) is -0.460. The molecule has 0 unspecified atom stereocenters. The van der Waals surface area contributed by atoms with Crippen LogP contribution in [0.15, 0.2) is 57.7 Å². The zero-order valence-corrected chi connectivity index (χ0v) is 27.3. The lowest BCUT2D eigenvalue weighted by Crippen LogP contribution is -2.62. The molecule has 2 aromatic carbocycles. The van der Waals surface area contributed by atoms with Gasteiger partial charge in [0.2, 0.25) is 6.29 Å². The van der Waals surface area contributed by atoms with Gasteiger partial charge in [-0.25, -0.2) is 4.79 Å². The number of rotatable bonds is 8. The summed E-state index contributed by atoms with van der Waals surface area (Å²) in [7, 11) is 0. The van der Waals surface area contributed by atoms with Crippen molar-refractivity contribution in [1.29, 1.82) is 0 Å². The molecule has 2 aromatic rings. The first-order chi connectivity index (χ1) is 25.0. The summed E-state index contributed by atoms with van der Waals surface area (Å²) in [5.74, 6) is -6.47. The Morgan fingerprint density at radius 2 is 1.42 bits per heavy atom. The highest BCUT2D eigenvalue weighted by Crippen LogP contribution is 2.43. The number of phenolic OH excluding ortho intramolecular Hbond substituents is 6. The van der Waals surface area contributed by atoms with E-state index in [9.17, 15) is 65.8 Å². The molecule has 2 saturated heterocycles. The number of aliphatic hydroxyl groups is 5. The average molecular weight is 747 g/mol. The van der Waals surface area contributed by atoms with E-state index in [4.69, 9.17) is 28.1 Å². The molecule has 6 rings (SSSR count). The van der Waals surface area contributed by atoms with Crippen LogP contribution in [0.5, 0.6) is 40.2 Å². The number of aliphatic hydroxyl groups excluding tert-OH is 5. The minimum Gasteiger partial charge on any atom is -0.507 e. The van der Waals surface area contributed by atoms with Crippen LogP contribution in [-0.2, 0) is 18.9 Å². The number of benzene rings is 3. The zero-order chi connectivity index (χ0) is 38.5. The van der Waals surface area contributed by atoms with Gasteiger partial charge in [0.15, 0.2) is 58.1 Å². The van der Waals surface area contributed by atoms with Crippen molar-refractivity contribution in [3.05, 3.63) is 64.3 Å². The standard InChI is InChI=1S/C34H34O19/c1-11-24(41)27(44)29(46)33(49-11)48-10-23-26(43)28(45)31(53-32(47)13-5-19(39)25(42)20(40)6-13)34(52-23)51-22-9-15-17(37)7-14(35)8-21(15)50-30(22)12-2-3-16(36)18(38)4-12/h2-9,11,23-24,26-29,31,33-34,36-46H,10H2,1H3/t11-,23+,24-,26-,27+,28-,29+,31+,33+,34+/m0/s1. The number of phenols is 6. The third-order valence-electron chi connectivity index (χ3n) is 8.71. The third-order valence-corrected chi connectivity index (χ3v) is 8.71. The first-order valence-electron chi connectivity index (χ1n) is 15.8. The lowest BCUT2D eigenvalue weighted by molar-refractivity contribution is -0.318. The molecule has 284 valence electrons. The molecule has 2 fully saturated rings. The molecule has 53 heavy (non-hydrogen) atoms. The predicted molar refractivity (Wildman–Crippen MR) is 172 cm³/mol. The van der Waals surface area contributed by atoms with Crippen LogP contribution in [0.3, 0.4) is 0 Å². The molecule has 0 bridgehead atoms. The Balaban J connectivity index is 1.38. The van der Waals surface area contributed by atoms with Crippen LogP contribution in [0.4, 0.5) is 0 Å². The number of hydrogen-bond acceptors (Lipinski definition) is 19. The van der Waals surface area contributed by atoms with E-state index < -0.39 is 119 Å². The molecule has 0 saturated carbocycles. The molecular formula is C34H34O19. The molecule has 4 aliphatic rings. The Labute approximate surface area is 297 Å². The summed E-state index contributed by atoms with van der Waals surface area (Å²) in [6.45, 7) is 0.724. The van der Waals surface area contributed by atoms with Crippen molar-refractivity contribution in [2.24, 2.45) is 0 Å². The number of aromatic hydroxyl groups is 6. The molecule has 3 heterocycles. The average Bonchev–Trinajstić information content (AvgIpc) is 3.11. The summed E-state index contributed by atoms with van der Waals surface area (Å²) in [6, 6.07) is 8.02. The molecular weight excluding hydrogens is 712 g/mol. The van der Waals surface area contributed by atoms with Crippen LogP contribution in [0, 0.1) is 0 Å². The number of hydrogen-bond donors (Lipinski definition) is 11. The number of ether oxygens (including phenoxy) is 5. The highest BCUT2D eigenvalue weighted by atomic mass is 16.7. The van der Waals surface area contributed by atoms with Crippen LogP contribution >= 0.6 is 0 Å². The minimum atomic E-state index is -2.07. The van der Waals surface area contributed by atoms with Crippen molar-refractivity contribution in [3.63, 3.8) is 0 Å². The van der Waals surface area contributed by atoms with Crippen LogP contribution < -0.4 is 10.2 Å². The van der Waals surface area contributed by atoms with Gasteiger partial charge >= 0.3 is 5.97 Å². The van der Waals surface area contributed by atoms with Crippen LogP contribution in [0.2, 0.25) is 0 Å². The van der Waals surface area contributed by atoms with Crippen molar-refractivity contribution >= 4 is 5.97 Å². The van der Waals surface area contributed by atoms with Gasteiger partial charge in [0.25, 0.3) is 0 Å². The maximum Gasteiger partial charge on any atom is 0.339 e. The summed E-state index contributed by atoms with van der Waals surface area (Å²) in [5.41, 5.74) is -1.21. The van der Waals surface area contributed by atoms with Gasteiger partial charge in [-0.1, -0.05) is 0 Å². The van der Waals surface area contributed by atoms with E-state index in [-0.39, 0.29) is 28.4 Å². The van der Waals surface area contributed by atoms with Gasteiger partial charge in [-0.3, -0.25) is 4.79 Å². The van der Waals surface area contributed by atoms with E-state index in [1.165, 1.54) is 19.1 Å². The largest absolute Gasteiger partial charge is 0.507 e. The van der Waals surface area contributed by atoms with E-state index in [0.29, 0.717) is 0 Å². The quantitative estimate of drug-likeness (QED) is 0.0802. The maximum absolute atomic E-state index is 13.3. The lowest BCUT2D eigenvalue weighted by Gasteiger charge is -2.43. The smallest absolute Gasteiger partial charge is 0.339 e. The van der Waals surface area contributed by atoms with Gasteiger partial charge in [0, 0.05) is 17.7 Å². The molecule has 19 nitrogen and oxygen atoms in total. The normalized spacial score (nSPS) is 28.8. The molecule has 0 spiro atoms. The fourth-order valence-electron chi connectivity index (χ4n) is 5.77. The van der Waals surface area contributed by atoms with Gasteiger partial charge in [0.05, 0.1) is 23.8 Å². The van der Waals surface area contributed by atoms with E-state index >= 15 is 0 Å². The summed E-state index contributed by atoms with van der Waals surface area (Å²) in [6.07, 6.45) is -16.9. The van der Waals surface area contributed by atoms with Crippen molar-refractivity contribution in [2.45, 2.75) is 68.3 Å². The molecule has 0 aromatic heterocycles. The Kier molecular flexibility index (Phi) is 10.3. The van der Waals surface area contributed by atoms with Gasteiger partial charge in [-0.2, -0.15) is 0 Å². The fraction of sp³-hybridized carbons (Fsp3) is 0.353. The Hall–Kier alpha value is -5.38. The van der Waals surface area contributed by atoms with Crippen LogP contribution in [0.1, 0.15) is 17.3 Å². The fourth-order valence-corrected chi connectivity index (χ4v) is 5.77. The Morgan fingerprint density at radius 1 is 0.717 bits per heavy atom. The zero-order valence-electron chi connectivity index (χ0n) is 27.3. The maximum atomic E-state index is 13.3. The number of esters is 1. The summed E-state index contributed by atoms with van der Waals surface area (Å²) >= 11 is 0. The topological polar surface area (TPSA) is 316 Å². The second kappa shape index (κ2) is 14.6. The Bertz CT molecular complexity index is 1990. The number of carbonyl (C=O) groups is 1. The number of carbonyl (C=O) groups excluding carboxylic acids is 1. The molecule has 3 aliphatic heterocycles. The van der Waals surface area contributed by atoms with Gasteiger partial charge < -0.3 is 84.3 Å². The number of fused-ring (bicyclic) bond motifs is 1. The van der Waals surface area contributed by atoms with E-state index in [0.717, 1.165) is 36.4 Å². The highest BCUT2D eigenvalue weighted by molar-refractivity contribution is 5.91.